The second kappa shape index (κ2) is 8.89. The molecule has 0 N–H and O–H groups in total. The molecule has 0 aliphatic carbocycles. The third kappa shape index (κ3) is 5.36. The van der Waals surface area contributed by atoms with E-state index >= 15 is 0 Å². The SMILES string of the molecule is COc1ccc(C=CC(=O)OCC(=O)c2cccc(Cl)c2)c(OC)c1. The molecule has 0 aliphatic heterocycles. The number of hydrogen-bond donors (Lipinski definition) is 0. The predicted molar refractivity (Wildman–Crippen MR) is 95.3 cm³/mol. The van der Waals surface area contributed by atoms with Crippen LogP contribution in [0, 0.1) is 0 Å². The Kier molecular flexibility index (Phi) is 6.60. The number of halogens is 1. The van der Waals surface area contributed by atoms with Crippen molar-refractivity contribution in [1.82, 2.24) is 0 Å². The number of ketones is 1. The van der Waals surface area contributed by atoms with E-state index < -0.39 is 5.97 Å². The Balaban J connectivity index is 1.96. The van der Waals surface area contributed by atoms with Gasteiger partial charge < -0.3 is 14.2 Å². The molecule has 130 valence electrons. The van der Waals surface area contributed by atoms with Gasteiger partial charge in [-0.15, -0.1) is 0 Å². The Bertz CT molecular complexity index is 798. The summed E-state index contributed by atoms with van der Waals surface area (Å²) in [6.45, 7) is -0.358. The van der Waals surface area contributed by atoms with Crippen molar-refractivity contribution in [3.63, 3.8) is 0 Å². The van der Waals surface area contributed by atoms with Crippen LogP contribution < -0.4 is 9.47 Å². The summed E-state index contributed by atoms with van der Waals surface area (Å²) in [5.41, 5.74) is 1.07. The lowest BCUT2D eigenvalue weighted by atomic mass is 10.1. The number of methoxy groups -OCH3 is 2. The molecular weight excluding hydrogens is 344 g/mol. The lowest BCUT2D eigenvalue weighted by Crippen LogP contribution is -2.12. The number of esters is 1. The molecule has 0 bridgehead atoms. The quantitative estimate of drug-likeness (QED) is 0.427. The van der Waals surface area contributed by atoms with Crippen LogP contribution >= 0.6 is 11.6 Å². The predicted octanol–water partition coefficient (Wildman–Crippen LogP) is 3.80. The molecule has 0 aliphatic rings. The number of Topliss-reactive ketones (excluding diaryl/α,β-unsaturated/α-hetero) is 1. The van der Waals surface area contributed by atoms with E-state index in [1.54, 1.807) is 49.6 Å². The maximum absolute atomic E-state index is 12.0. The second-order valence-electron chi connectivity index (χ2n) is 4.98. The van der Waals surface area contributed by atoms with Gasteiger partial charge in [-0.1, -0.05) is 23.7 Å². The number of carbonyl (C=O) groups is 2. The second-order valence-corrected chi connectivity index (χ2v) is 5.42. The number of benzene rings is 2. The van der Waals surface area contributed by atoms with Crippen LogP contribution in [0.2, 0.25) is 5.02 Å². The number of hydrogen-bond acceptors (Lipinski definition) is 5. The molecule has 2 aromatic rings. The molecule has 5 nitrogen and oxygen atoms in total. The summed E-state index contributed by atoms with van der Waals surface area (Å²) < 4.78 is 15.3. The molecule has 0 atom stereocenters. The van der Waals surface area contributed by atoms with E-state index in [4.69, 9.17) is 25.8 Å². The fourth-order valence-electron chi connectivity index (χ4n) is 2.04. The minimum absolute atomic E-state index is 0.328. The van der Waals surface area contributed by atoms with Gasteiger partial charge >= 0.3 is 5.97 Å². The molecule has 2 rings (SSSR count). The summed E-state index contributed by atoms with van der Waals surface area (Å²) in [6.07, 6.45) is 2.78. The Morgan fingerprint density at radius 1 is 1.08 bits per heavy atom. The summed E-state index contributed by atoms with van der Waals surface area (Å²) in [5.74, 6) is 0.238. The Morgan fingerprint density at radius 3 is 2.56 bits per heavy atom. The molecule has 0 unspecified atom stereocenters. The third-order valence-electron chi connectivity index (χ3n) is 3.33. The van der Waals surface area contributed by atoms with E-state index in [2.05, 4.69) is 0 Å². The topological polar surface area (TPSA) is 61.8 Å². The van der Waals surface area contributed by atoms with Crippen LogP contribution in [0.4, 0.5) is 0 Å². The van der Waals surface area contributed by atoms with Crippen LogP contribution in [0.25, 0.3) is 6.08 Å². The minimum atomic E-state index is -0.631. The lowest BCUT2D eigenvalue weighted by Gasteiger charge is -2.07. The highest BCUT2D eigenvalue weighted by Gasteiger charge is 2.09. The summed E-state index contributed by atoms with van der Waals surface area (Å²) in [6, 6.07) is 11.7. The van der Waals surface area contributed by atoms with Crippen molar-refractivity contribution in [2.24, 2.45) is 0 Å². The minimum Gasteiger partial charge on any atom is -0.497 e. The van der Waals surface area contributed by atoms with Crippen LogP contribution in [0.1, 0.15) is 15.9 Å². The zero-order valence-electron chi connectivity index (χ0n) is 13.8. The normalized spacial score (nSPS) is 10.5. The maximum atomic E-state index is 12.0. The monoisotopic (exact) mass is 360 g/mol. The molecule has 0 spiro atoms. The Hall–Kier alpha value is -2.79. The smallest absolute Gasteiger partial charge is 0.331 e. The fraction of sp³-hybridized carbons (Fsp3) is 0.158. The number of ether oxygens (including phenoxy) is 3. The molecule has 0 fully saturated rings. The average Bonchev–Trinajstić information content (AvgIpc) is 2.64. The van der Waals surface area contributed by atoms with Crippen molar-refractivity contribution in [2.75, 3.05) is 20.8 Å². The van der Waals surface area contributed by atoms with Crippen LogP contribution in [-0.4, -0.2) is 32.6 Å². The summed E-state index contributed by atoms with van der Waals surface area (Å²) in [7, 11) is 3.08. The average molecular weight is 361 g/mol. The van der Waals surface area contributed by atoms with Gasteiger partial charge in [-0.05, 0) is 30.3 Å². The first-order valence-electron chi connectivity index (χ1n) is 7.39. The van der Waals surface area contributed by atoms with Crippen molar-refractivity contribution in [2.45, 2.75) is 0 Å². The van der Waals surface area contributed by atoms with Crippen molar-refractivity contribution in [3.05, 3.63) is 64.7 Å². The Labute approximate surface area is 150 Å². The van der Waals surface area contributed by atoms with Gasteiger partial charge in [0.2, 0.25) is 0 Å². The molecule has 0 saturated heterocycles. The van der Waals surface area contributed by atoms with Gasteiger partial charge in [0, 0.05) is 28.3 Å². The van der Waals surface area contributed by atoms with Crippen molar-refractivity contribution >= 4 is 29.4 Å². The van der Waals surface area contributed by atoms with Gasteiger partial charge in [0.15, 0.2) is 12.4 Å². The van der Waals surface area contributed by atoms with Gasteiger partial charge in [-0.3, -0.25) is 4.79 Å². The van der Waals surface area contributed by atoms with Crippen LogP contribution in [0.15, 0.2) is 48.5 Å². The molecule has 0 radical (unpaired) electrons. The van der Waals surface area contributed by atoms with Crippen LogP contribution in [0.5, 0.6) is 11.5 Å². The summed E-state index contributed by atoms with van der Waals surface area (Å²) in [4.78, 5) is 23.7. The van der Waals surface area contributed by atoms with Gasteiger partial charge in [0.05, 0.1) is 14.2 Å². The molecule has 0 aromatic heterocycles. The largest absolute Gasteiger partial charge is 0.497 e. The highest BCUT2D eigenvalue weighted by atomic mass is 35.5. The Morgan fingerprint density at radius 2 is 1.88 bits per heavy atom. The molecular formula is C19H17ClO5. The molecule has 2 aromatic carbocycles. The molecule has 0 amide bonds. The first-order valence-corrected chi connectivity index (χ1v) is 7.77. The van der Waals surface area contributed by atoms with E-state index in [0.29, 0.717) is 27.6 Å². The van der Waals surface area contributed by atoms with Gasteiger partial charge in [0.25, 0.3) is 0 Å². The van der Waals surface area contributed by atoms with Crippen LogP contribution in [-0.2, 0) is 9.53 Å². The highest BCUT2D eigenvalue weighted by Crippen LogP contribution is 2.25. The fourth-order valence-corrected chi connectivity index (χ4v) is 2.23. The lowest BCUT2D eigenvalue weighted by molar-refractivity contribution is -0.136. The van der Waals surface area contributed by atoms with E-state index in [9.17, 15) is 9.59 Å². The molecule has 0 saturated carbocycles. The summed E-state index contributed by atoms with van der Waals surface area (Å²) >= 11 is 5.83. The maximum Gasteiger partial charge on any atom is 0.331 e. The molecule has 25 heavy (non-hydrogen) atoms. The van der Waals surface area contributed by atoms with E-state index in [0.717, 1.165) is 0 Å². The first kappa shape index (κ1) is 18.5. The first-order chi connectivity index (χ1) is 12.0. The number of carbonyl (C=O) groups excluding carboxylic acids is 2. The van der Waals surface area contributed by atoms with Crippen LogP contribution in [0.3, 0.4) is 0 Å². The standard InChI is InChI=1S/C19H17ClO5/c1-23-16-8-6-13(18(11-16)24-2)7-9-19(22)25-12-17(21)14-4-3-5-15(20)10-14/h3-11H,12H2,1-2H3. The molecule has 0 heterocycles. The van der Waals surface area contributed by atoms with Crippen molar-refractivity contribution in [1.29, 1.82) is 0 Å². The van der Waals surface area contributed by atoms with Gasteiger partial charge in [0.1, 0.15) is 11.5 Å². The highest BCUT2D eigenvalue weighted by molar-refractivity contribution is 6.31. The number of rotatable bonds is 7. The van der Waals surface area contributed by atoms with Crippen molar-refractivity contribution < 1.29 is 23.8 Å². The van der Waals surface area contributed by atoms with E-state index in [1.165, 1.54) is 19.3 Å². The van der Waals surface area contributed by atoms with E-state index in [-0.39, 0.29) is 12.4 Å². The zero-order valence-corrected chi connectivity index (χ0v) is 14.6. The summed E-state index contributed by atoms with van der Waals surface area (Å²) in [5, 5.41) is 0.448. The van der Waals surface area contributed by atoms with Crippen molar-refractivity contribution in [3.8, 4) is 11.5 Å². The zero-order chi connectivity index (χ0) is 18.2. The third-order valence-corrected chi connectivity index (χ3v) is 3.57. The molecule has 6 heteroatoms. The van der Waals surface area contributed by atoms with Gasteiger partial charge in [-0.2, -0.15) is 0 Å². The van der Waals surface area contributed by atoms with Gasteiger partial charge in [-0.25, -0.2) is 4.79 Å². The van der Waals surface area contributed by atoms with E-state index in [1.807, 2.05) is 0 Å².